The molecule has 7 aromatic carbocycles. The Morgan fingerprint density at radius 2 is 0.634 bits per heavy atom. The number of carbonyl (C=O) groups is 10. The van der Waals surface area contributed by atoms with Crippen LogP contribution in [0.1, 0.15) is 123 Å². The van der Waals surface area contributed by atoms with Crippen molar-refractivity contribution in [2.75, 3.05) is 13.2 Å². The van der Waals surface area contributed by atoms with Crippen LogP contribution >= 0.6 is 0 Å². The third-order valence-electron chi connectivity index (χ3n) is 15.2. The highest BCUT2D eigenvalue weighted by atomic mass is 19.4. The normalized spacial score (nSPS) is 12.6. The van der Waals surface area contributed by atoms with Crippen molar-refractivity contribution in [3.8, 4) is 82.9 Å². The molecule has 0 aromatic heterocycles. The fraction of sp³-hybridized carbons (Fsp3) is 0.283. The number of rotatable bonds is 19. The van der Waals surface area contributed by atoms with E-state index in [1.807, 2.05) is 108 Å². The standard InChI is InChI=1S/C16H14F5NO3.C15H17NO3.C14H11F4NO3.C13H14FNO.C12H8F5NO2.C11H10FNO2.C11H11NO2/c1-3-25-15(24)14(22-9(2)23)13(18)7-5-10-4-6-12(17)11(8-10)16(19,20)21;1-3-19-15(18)14(16-12(2)17)11-7-10-13-8-5-4-6-9-13;1-8(20)19-12(13(21)22)4-2-3-9-5-6-11(15)10(7-9)14(16,17)18;1-10(15-11(2)16)13(14)9-8-12-6-4-3-5-7-12;13-8-3-1-6(5-7(8)12(15,16)17)2-4-9(14)10(18)11(19)20;12-9(10(13)11(14)15)7-6-8-4-2-1-3-5-8;12-10(11(13)14)8-4-7-9-5-2-1-3-6-9/h4,6,8,13-14H,3H2,1-2H3,(H,22,23);4-6,8-9,14H,3,11H2,1-2H3,(H,16,17);5-7,12H,4H2,1H3,(H,19,20)(H,21,22);3-7,10,13H,1-2H3,(H,15,16);1,3,5,9-10H,18H2,(H,19,20);1-5,9-10H,13H2,(H,14,15);1-3,5-6,10H,8,12H2,(H,13,14)/t13-,14-;14-;12-;10-,13+;2*9-,10+;10-/m1101110/s1. The van der Waals surface area contributed by atoms with Crippen LogP contribution < -0.4 is 38.5 Å². The van der Waals surface area contributed by atoms with Crippen molar-refractivity contribution in [1.82, 2.24) is 21.3 Å². The van der Waals surface area contributed by atoms with Crippen molar-refractivity contribution in [3.05, 3.63) is 249 Å². The van der Waals surface area contributed by atoms with Gasteiger partial charge in [0.2, 0.25) is 23.6 Å². The highest BCUT2D eigenvalue weighted by Gasteiger charge is 2.37. The second-order valence-corrected chi connectivity index (χ2v) is 25.9. The van der Waals surface area contributed by atoms with Crippen molar-refractivity contribution in [2.45, 2.75) is 153 Å². The van der Waals surface area contributed by atoms with Crippen LogP contribution in [0.15, 0.2) is 176 Å². The van der Waals surface area contributed by atoms with Gasteiger partial charge in [0.25, 0.3) is 0 Å². The third kappa shape index (κ3) is 48.4. The molecular weight excluding hydrogens is 1760 g/mol. The molecule has 696 valence electrons. The van der Waals surface area contributed by atoms with Gasteiger partial charge in [-0.05, 0) is 124 Å². The molecule has 0 fully saturated rings. The van der Waals surface area contributed by atoms with Crippen LogP contribution in [-0.2, 0) is 75.9 Å². The zero-order chi connectivity index (χ0) is 99.3. The third-order valence-corrected chi connectivity index (χ3v) is 15.2. The molecule has 0 saturated heterocycles. The van der Waals surface area contributed by atoms with Gasteiger partial charge in [0.15, 0.2) is 30.7 Å². The molecule has 23 nitrogen and oxygen atoms in total. The smallest absolute Gasteiger partial charge is 0.419 e. The summed E-state index contributed by atoms with van der Waals surface area (Å²) in [4.78, 5) is 109. The number of amides is 4. The Balaban J connectivity index is 0.000000770. The summed E-state index contributed by atoms with van der Waals surface area (Å²) in [5.41, 5.74) is 13.1. The second-order valence-electron chi connectivity index (χ2n) is 25.9. The summed E-state index contributed by atoms with van der Waals surface area (Å²) in [7, 11) is 0. The van der Waals surface area contributed by atoms with Crippen molar-refractivity contribution in [1.29, 1.82) is 0 Å². The van der Waals surface area contributed by atoms with Gasteiger partial charge < -0.3 is 68.4 Å². The molecule has 0 spiro atoms. The van der Waals surface area contributed by atoms with E-state index in [4.69, 9.17) is 42.4 Å². The largest absolute Gasteiger partial charge is 0.480 e. The number of alkyl halides is 13. The zero-order valence-electron chi connectivity index (χ0n) is 70.1. The first-order valence-electron chi connectivity index (χ1n) is 37.8. The molecule has 0 aliphatic rings. The average molecular weight is 1850 g/mol. The summed E-state index contributed by atoms with van der Waals surface area (Å²) < 4.78 is 215. The first-order chi connectivity index (χ1) is 61.3. The number of esters is 2. The SMILES string of the molecule is CC(=O)N[C@@H](CC#Cc1ccc(F)c(C(F)(F)F)c1)C(=O)O.CC(=O)N[C@H](C)[C@@H](F)C#Cc1ccccc1.CCOC(=O)[C@@H](CC#Cc1ccccc1)NC(C)=O.CCOC(=O)[C@H](NC(C)=O)[C@H](F)C#Cc1ccc(F)c(C(F)(F)F)c1.N[C@@H](CC#Cc1ccccc1)C(=O)O.N[C@H](C(=O)O)[C@H](F)C#Cc1ccc(F)c(C(F)(F)F)c1.N[C@H](C(=O)O)[C@H](F)C#Cc1ccccc1. The van der Waals surface area contributed by atoms with Crippen molar-refractivity contribution in [3.63, 3.8) is 0 Å². The fourth-order valence-electron chi connectivity index (χ4n) is 8.88. The minimum Gasteiger partial charge on any atom is -0.480 e. The number of halogens is 16. The molecular formula is C92H85F16N7O16. The molecule has 4 amide bonds. The Labute approximate surface area is 741 Å². The molecule has 0 saturated carbocycles. The maximum absolute atomic E-state index is 14.1. The van der Waals surface area contributed by atoms with E-state index < -0.39 is 167 Å². The summed E-state index contributed by atoms with van der Waals surface area (Å²) in [5, 5.41) is 43.3. The minimum absolute atomic E-state index is 0.0675. The lowest BCUT2D eigenvalue weighted by atomic mass is 10.1. The topological polar surface area (TPSA) is 396 Å². The number of nitrogens with two attached hydrogens (primary N) is 3. The zero-order valence-corrected chi connectivity index (χ0v) is 70.1. The van der Waals surface area contributed by atoms with Gasteiger partial charge in [-0.15, -0.1) is 0 Å². The summed E-state index contributed by atoms with van der Waals surface area (Å²) in [6.07, 6.45) is -22.3. The molecule has 0 radical (unpaired) electrons. The van der Waals surface area contributed by atoms with Gasteiger partial charge in [0.05, 0.1) is 35.9 Å². The van der Waals surface area contributed by atoms with Crippen LogP contribution in [0.25, 0.3) is 0 Å². The minimum atomic E-state index is -4.93. The second kappa shape index (κ2) is 59.1. The van der Waals surface area contributed by atoms with E-state index in [0.29, 0.717) is 42.0 Å². The number of nitrogens with one attached hydrogen (secondary N) is 4. The van der Waals surface area contributed by atoms with E-state index in [2.05, 4.69) is 85.8 Å². The van der Waals surface area contributed by atoms with Crippen LogP contribution in [-0.4, -0.2) is 160 Å². The number of ether oxygens (including phenoxy) is 2. The molecule has 0 aliphatic carbocycles. The van der Waals surface area contributed by atoms with E-state index in [0.717, 1.165) is 48.7 Å². The van der Waals surface area contributed by atoms with Crippen molar-refractivity contribution in [2.24, 2.45) is 17.2 Å². The number of carbonyl (C=O) groups excluding carboxylic acids is 6. The fourth-order valence-corrected chi connectivity index (χ4v) is 8.88. The lowest BCUT2D eigenvalue weighted by Crippen LogP contribution is -2.46. The molecule has 0 aliphatic heterocycles. The number of hydrogen-bond donors (Lipinski definition) is 11. The summed E-state index contributed by atoms with van der Waals surface area (Å²) in [6.45, 7) is 9.87. The predicted octanol–water partition coefficient (Wildman–Crippen LogP) is 11.7. The van der Waals surface area contributed by atoms with E-state index in [1.54, 1.807) is 50.1 Å². The lowest BCUT2D eigenvalue weighted by Gasteiger charge is -2.16. The Morgan fingerprint density at radius 3 is 0.947 bits per heavy atom. The average Bonchev–Trinajstić information content (AvgIpc) is 0.816. The van der Waals surface area contributed by atoms with Gasteiger partial charge >= 0.3 is 54.3 Å². The van der Waals surface area contributed by atoms with Crippen LogP contribution in [0.4, 0.5) is 70.2 Å². The molecule has 0 unspecified atom stereocenters. The molecule has 131 heavy (non-hydrogen) atoms. The molecule has 7 aromatic rings. The molecule has 14 N–H and O–H groups in total. The van der Waals surface area contributed by atoms with E-state index >= 15 is 0 Å². The first-order valence-corrected chi connectivity index (χ1v) is 37.8. The van der Waals surface area contributed by atoms with Crippen LogP contribution in [0.5, 0.6) is 0 Å². The van der Waals surface area contributed by atoms with Gasteiger partial charge in [-0.25, -0.2) is 45.1 Å². The molecule has 11 atom stereocenters. The number of carboxylic acids is 4. The van der Waals surface area contributed by atoms with Gasteiger partial charge in [-0.1, -0.05) is 156 Å². The van der Waals surface area contributed by atoms with Crippen LogP contribution in [0, 0.1) is 100 Å². The maximum Gasteiger partial charge on any atom is 0.419 e. The Hall–Kier alpha value is -15.1. The number of benzene rings is 7. The Morgan fingerprint density at radius 1 is 0.351 bits per heavy atom. The van der Waals surface area contributed by atoms with Crippen molar-refractivity contribution < 1.29 is 148 Å². The van der Waals surface area contributed by atoms with Gasteiger partial charge in [0, 0.05) is 85.9 Å². The number of aliphatic carboxylic acids is 4. The van der Waals surface area contributed by atoms with Crippen LogP contribution in [0.2, 0.25) is 0 Å². The quantitative estimate of drug-likeness (QED) is 0.0203. The predicted molar refractivity (Wildman–Crippen MR) is 445 cm³/mol. The number of carboxylic acid groups (broad SMARTS) is 4. The first kappa shape index (κ1) is 114. The molecule has 0 heterocycles. The highest BCUT2D eigenvalue weighted by molar-refractivity contribution is 5.85. The van der Waals surface area contributed by atoms with E-state index in [9.17, 15) is 118 Å². The summed E-state index contributed by atoms with van der Waals surface area (Å²) in [5.74, 6) is 20.5. The molecule has 0 bridgehead atoms. The van der Waals surface area contributed by atoms with Gasteiger partial charge in [0.1, 0.15) is 47.7 Å². The summed E-state index contributed by atoms with van der Waals surface area (Å²) in [6, 6.07) is 34.0. The van der Waals surface area contributed by atoms with E-state index in [1.165, 1.54) is 20.8 Å². The highest BCUT2D eigenvalue weighted by Crippen LogP contribution is 2.34. The monoisotopic (exact) mass is 1850 g/mol. The van der Waals surface area contributed by atoms with Crippen molar-refractivity contribution >= 4 is 59.4 Å². The van der Waals surface area contributed by atoms with Gasteiger partial charge in [-0.3, -0.25) is 33.6 Å². The molecule has 39 heteroatoms. The van der Waals surface area contributed by atoms with E-state index in [-0.39, 0.29) is 61.0 Å². The number of hydrogen-bond acceptors (Lipinski definition) is 15. The summed E-state index contributed by atoms with van der Waals surface area (Å²) >= 11 is 0. The molecule has 7 rings (SSSR count). The lowest BCUT2D eigenvalue weighted by molar-refractivity contribution is -0.148. The van der Waals surface area contributed by atoms with Gasteiger partial charge in [-0.2, -0.15) is 39.5 Å². The maximum atomic E-state index is 14.1. The Bertz CT molecular complexity index is 5440. The Kier molecular flexibility index (Phi) is 51.4. The van der Waals surface area contributed by atoms with Crippen LogP contribution in [0.3, 0.4) is 0 Å².